The molecule has 4 rings (SSSR count). The molecule has 3 aromatic rings. The summed E-state index contributed by atoms with van der Waals surface area (Å²) < 4.78 is 34.6. The smallest absolute Gasteiger partial charge is 0.229 e. The van der Waals surface area contributed by atoms with E-state index in [0.717, 1.165) is 6.26 Å². The lowest BCUT2D eigenvalue weighted by atomic mass is 10.2. The van der Waals surface area contributed by atoms with Crippen LogP contribution >= 0.6 is 0 Å². The van der Waals surface area contributed by atoms with Crippen LogP contribution in [0.25, 0.3) is 11.3 Å². The minimum Gasteiger partial charge on any atom is -0.439 e. The predicted molar refractivity (Wildman–Crippen MR) is 110 cm³/mol. The van der Waals surface area contributed by atoms with E-state index in [1.807, 2.05) is 4.90 Å². The number of sulfone groups is 1. The molecule has 0 unspecified atom stereocenters. The van der Waals surface area contributed by atoms with Crippen LogP contribution in [0.15, 0.2) is 47.6 Å². The van der Waals surface area contributed by atoms with Crippen LogP contribution in [0.5, 0.6) is 11.6 Å². The highest BCUT2D eigenvalue weighted by atomic mass is 32.2. The molecule has 156 valence electrons. The van der Waals surface area contributed by atoms with Gasteiger partial charge in [0.1, 0.15) is 5.75 Å². The minimum atomic E-state index is -3.28. The predicted octanol–water partition coefficient (Wildman–Crippen LogP) is 1.55. The van der Waals surface area contributed by atoms with E-state index in [4.69, 9.17) is 15.2 Å². The lowest BCUT2D eigenvalue weighted by molar-refractivity contribution is 0.122. The number of nitrogens with two attached hydrogens (primary N) is 1. The second kappa shape index (κ2) is 8.20. The third-order valence-electron chi connectivity index (χ3n) is 4.43. The van der Waals surface area contributed by atoms with Crippen molar-refractivity contribution in [2.24, 2.45) is 0 Å². The lowest BCUT2D eigenvalue weighted by Crippen LogP contribution is -2.37. The Morgan fingerprint density at radius 2 is 1.73 bits per heavy atom. The van der Waals surface area contributed by atoms with Crippen LogP contribution in [0.1, 0.15) is 0 Å². The number of hydrogen-bond donors (Lipinski definition) is 1. The van der Waals surface area contributed by atoms with Crippen molar-refractivity contribution in [1.29, 1.82) is 0 Å². The Balaban J connectivity index is 1.68. The molecule has 0 radical (unpaired) electrons. The highest BCUT2D eigenvalue weighted by Gasteiger charge is 2.18. The molecule has 1 saturated heterocycles. The van der Waals surface area contributed by atoms with Crippen LogP contribution in [0, 0.1) is 0 Å². The fourth-order valence-electron chi connectivity index (χ4n) is 2.86. The summed E-state index contributed by atoms with van der Waals surface area (Å²) in [6, 6.07) is 7.81. The quantitative estimate of drug-likeness (QED) is 0.638. The summed E-state index contributed by atoms with van der Waals surface area (Å²) in [6.45, 7) is 2.48. The molecule has 1 aromatic carbocycles. The Morgan fingerprint density at radius 1 is 1.07 bits per heavy atom. The molecular weight excluding hydrogens is 408 g/mol. The Kier molecular flexibility index (Phi) is 5.46. The molecule has 10 nitrogen and oxygen atoms in total. The van der Waals surface area contributed by atoms with Crippen molar-refractivity contribution in [2.45, 2.75) is 4.90 Å². The summed E-state index contributed by atoms with van der Waals surface area (Å²) in [5.74, 6) is 1.43. The topological polar surface area (TPSA) is 133 Å². The van der Waals surface area contributed by atoms with Gasteiger partial charge in [0.15, 0.2) is 9.84 Å². The number of rotatable bonds is 5. The van der Waals surface area contributed by atoms with Gasteiger partial charge >= 0.3 is 0 Å². The van der Waals surface area contributed by atoms with Gasteiger partial charge < -0.3 is 20.1 Å². The molecule has 1 aliphatic heterocycles. The van der Waals surface area contributed by atoms with Crippen molar-refractivity contribution in [3.05, 3.63) is 42.7 Å². The zero-order chi connectivity index (χ0) is 21.1. The van der Waals surface area contributed by atoms with Gasteiger partial charge in [0.25, 0.3) is 0 Å². The van der Waals surface area contributed by atoms with E-state index in [1.54, 1.807) is 30.6 Å². The van der Waals surface area contributed by atoms with Crippen molar-refractivity contribution in [3.8, 4) is 22.9 Å². The maximum atomic E-state index is 11.6. The maximum Gasteiger partial charge on any atom is 0.229 e. The van der Waals surface area contributed by atoms with Gasteiger partial charge in [0.05, 0.1) is 23.8 Å². The first-order valence-corrected chi connectivity index (χ1v) is 11.1. The minimum absolute atomic E-state index is 0.170. The van der Waals surface area contributed by atoms with Gasteiger partial charge in [-0.05, 0) is 24.3 Å². The van der Waals surface area contributed by atoms with Gasteiger partial charge in [-0.1, -0.05) is 0 Å². The lowest BCUT2D eigenvalue weighted by Gasteiger charge is -2.27. The molecule has 1 aliphatic rings. The fraction of sp³-hybridized carbons (Fsp3) is 0.263. The second-order valence-electron chi connectivity index (χ2n) is 6.67. The van der Waals surface area contributed by atoms with Gasteiger partial charge in [0, 0.05) is 43.4 Å². The number of nitrogen functional groups attached to an aromatic ring is 1. The Bertz CT molecular complexity index is 1130. The molecule has 0 amide bonds. The summed E-state index contributed by atoms with van der Waals surface area (Å²) >= 11 is 0. The Morgan fingerprint density at radius 3 is 2.37 bits per heavy atom. The standard InChI is InChI=1S/C19H20N6O4S/c1-30(26,27)15-4-2-14(3-5-15)29-17-10-16(13-11-21-18(20)22-12-13)23-19(24-17)25-6-8-28-9-7-25/h2-5,10-12H,6-9H2,1H3,(H2,20,21,22). The van der Waals surface area contributed by atoms with Crippen molar-refractivity contribution >= 4 is 21.7 Å². The summed E-state index contributed by atoms with van der Waals surface area (Å²) in [7, 11) is -3.28. The number of nitrogens with zero attached hydrogens (tertiary/aromatic N) is 5. The first-order valence-electron chi connectivity index (χ1n) is 9.16. The molecule has 11 heteroatoms. The van der Waals surface area contributed by atoms with Crippen molar-refractivity contribution in [2.75, 3.05) is 43.2 Å². The van der Waals surface area contributed by atoms with Gasteiger partial charge in [-0.25, -0.2) is 23.4 Å². The number of morpholine rings is 1. The highest BCUT2D eigenvalue weighted by Crippen LogP contribution is 2.28. The molecule has 0 spiro atoms. The molecule has 2 N–H and O–H groups in total. The van der Waals surface area contributed by atoms with Gasteiger partial charge in [-0.3, -0.25) is 0 Å². The first kappa shape index (κ1) is 20.0. The van der Waals surface area contributed by atoms with Gasteiger partial charge in [-0.15, -0.1) is 0 Å². The van der Waals surface area contributed by atoms with Crippen LogP contribution < -0.4 is 15.4 Å². The highest BCUT2D eigenvalue weighted by molar-refractivity contribution is 7.90. The molecule has 1 fully saturated rings. The number of benzene rings is 1. The summed E-state index contributed by atoms with van der Waals surface area (Å²) in [5.41, 5.74) is 6.82. The first-order chi connectivity index (χ1) is 14.4. The normalized spacial score (nSPS) is 14.5. The Labute approximate surface area is 173 Å². The Hall–Kier alpha value is -3.31. The second-order valence-corrected chi connectivity index (χ2v) is 8.68. The number of anilines is 2. The third-order valence-corrected chi connectivity index (χ3v) is 5.56. The van der Waals surface area contributed by atoms with Crippen molar-refractivity contribution in [1.82, 2.24) is 19.9 Å². The summed E-state index contributed by atoms with van der Waals surface area (Å²) in [6.07, 6.45) is 4.32. The molecule has 0 aliphatic carbocycles. The molecule has 0 bridgehead atoms. The number of aromatic nitrogens is 4. The zero-order valence-corrected chi connectivity index (χ0v) is 17.0. The maximum absolute atomic E-state index is 11.6. The molecular formula is C19H20N6O4S. The zero-order valence-electron chi connectivity index (χ0n) is 16.2. The van der Waals surface area contributed by atoms with E-state index in [-0.39, 0.29) is 10.8 Å². The average molecular weight is 428 g/mol. The number of hydrogen-bond acceptors (Lipinski definition) is 10. The van der Waals surface area contributed by atoms with Crippen molar-refractivity contribution in [3.63, 3.8) is 0 Å². The van der Waals surface area contributed by atoms with Gasteiger partial charge in [-0.2, -0.15) is 4.98 Å². The largest absolute Gasteiger partial charge is 0.439 e. The number of ether oxygens (including phenoxy) is 2. The van der Waals surface area contributed by atoms with E-state index in [9.17, 15) is 8.42 Å². The van der Waals surface area contributed by atoms with E-state index in [0.29, 0.717) is 55.1 Å². The van der Waals surface area contributed by atoms with Crippen molar-refractivity contribution < 1.29 is 17.9 Å². The summed E-state index contributed by atoms with van der Waals surface area (Å²) in [5, 5.41) is 0. The third kappa shape index (κ3) is 4.63. The van der Waals surface area contributed by atoms with Crippen LogP contribution in [-0.2, 0) is 14.6 Å². The monoisotopic (exact) mass is 428 g/mol. The van der Waals surface area contributed by atoms with Crippen LogP contribution in [-0.4, -0.2) is 60.9 Å². The van der Waals surface area contributed by atoms with E-state index < -0.39 is 9.84 Å². The molecule has 0 saturated carbocycles. The fourth-order valence-corrected chi connectivity index (χ4v) is 3.49. The molecule has 2 aromatic heterocycles. The molecule has 0 atom stereocenters. The van der Waals surface area contributed by atoms with Gasteiger partial charge in [0.2, 0.25) is 17.8 Å². The molecule has 30 heavy (non-hydrogen) atoms. The van der Waals surface area contributed by atoms with E-state index >= 15 is 0 Å². The van der Waals surface area contributed by atoms with E-state index in [2.05, 4.69) is 19.9 Å². The van der Waals surface area contributed by atoms with Crippen LogP contribution in [0.2, 0.25) is 0 Å². The average Bonchev–Trinajstić information content (AvgIpc) is 2.74. The SMILES string of the molecule is CS(=O)(=O)c1ccc(Oc2cc(-c3cnc(N)nc3)nc(N3CCOCC3)n2)cc1. The molecule has 3 heterocycles. The summed E-state index contributed by atoms with van der Waals surface area (Å²) in [4.78, 5) is 19.4. The van der Waals surface area contributed by atoms with Crippen LogP contribution in [0.4, 0.5) is 11.9 Å². The van der Waals surface area contributed by atoms with E-state index in [1.165, 1.54) is 12.1 Å². The van der Waals surface area contributed by atoms with Crippen LogP contribution in [0.3, 0.4) is 0 Å².